The highest BCUT2D eigenvalue weighted by atomic mass is 35.5. The van der Waals surface area contributed by atoms with E-state index >= 15 is 0 Å². The van der Waals surface area contributed by atoms with Crippen LogP contribution in [0, 0.1) is 0 Å². The number of furan rings is 1. The van der Waals surface area contributed by atoms with E-state index in [2.05, 4.69) is 10.6 Å². The van der Waals surface area contributed by atoms with E-state index in [1.165, 1.54) is 18.2 Å². The maximum Gasteiger partial charge on any atom is 0.287 e. The number of amides is 1. The number of hydrogen-bond donors (Lipinski definition) is 2. The summed E-state index contributed by atoms with van der Waals surface area (Å²) in [5.74, 6) is 0.261. The Labute approximate surface area is 111 Å². The van der Waals surface area contributed by atoms with Crippen molar-refractivity contribution in [2.75, 3.05) is 19.3 Å². The molecular weight excluding hydrogens is 260 g/mol. The van der Waals surface area contributed by atoms with Crippen molar-refractivity contribution < 1.29 is 9.21 Å². The van der Waals surface area contributed by atoms with Gasteiger partial charge >= 0.3 is 0 Å². The van der Waals surface area contributed by atoms with Gasteiger partial charge in [-0.25, -0.2) is 0 Å². The molecule has 0 bridgehead atoms. The smallest absolute Gasteiger partial charge is 0.287 e. The Bertz CT molecular complexity index is 364. The highest BCUT2D eigenvalue weighted by molar-refractivity contribution is 7.98. The molecule has 2 heterocycles. The molecule has 2 N–H and O–H groups in total. The molecule has 2 rings (SSSR count). The minimum atomic E-state index is -0.131. The summed E-state index contributed by atoms with van der Waals surface area (Å²) in [5.41, 5.74) is 0. The first-order valence-corrected chi connectivity index (χ1v) is 6.67. The Morgan fingerprint density at radius 3 is 3.06 bits per heavy atom. The van der Waals surface area contributed by atoms with Gasteiger partial charge in [-0.3, -0.25) is 4.79 Å². The van der Waals surface area contributed by atoms with Gasteiger partial charge in [0.1, 0.15) is 0 Å². The molecule has 1 aromatic heterocycles. The van der Waals surface area contributed by atoms with Crippen LogP contribution in [0.15, 0.2) is 21.6 Å². The number of carbonyl (C=O) groups is 1. The highest BCUT2D eigenvalue weighted by Crippen LogP contribution is 2.17. The predicted molar refractivity (Wildman–Crippen MR) is 71.1 cm³/mol. The van der Waals surface area contributed by atoms with E-state index in [0.29, 0.717) is 18.3 Å². The lowest BCUT2D eigenvalue weighted by Gasteiger charge is -2.10. The van der Waals surface area contributed by atoms with Crippen LogP contribution in [0.1, 0.15) is 23.4 Å². The van der Waals surface area contributed by atoms with E-state index in [4.69, 9.17) is 4.42 Å². The lowest BCUT2D eigenvalue weighted by molar-refractivity contribution is 0.0917. The lowest BCUT2D eigenvalue weighted by atomic mass is 10.2. The Morgan fingerprint density at radius 2 is 2.47 bits per heavy atom. The van der Waals surface area contributed by atoms with Gasteiger partial charge in [-0.2, -0.15) is 0 Å². The monoisotopic (exact) mass is 276 g/mol. The maximum absolute atomic E-state index is 11.7. The molecule has 1 amide bonds. The maximum atomic E-state index is 11.7. The van der Waals surface area contributed by atoms with Crippen molar-refractivity contribution in [1.29, 1.82) is 0 Å². The van der Waals surface area contributed by atoms with Crippen molar-refractivity contribution >= 4 is 30.1 Å². The molecule has 96 valence electrons. The zero-order chi connectivity index (χ0) is 11.4. The zero-order valence-corrected chi connectivity index (χ0v) is 11.3. The van der Waals surface area contributed by atoms with Crippen LogP contribution in [-0.2, 0) is 0 Å². The molecule has 1 fully saturated rings. The van der Waals surface area contributed by atoms with Gasteiger partial charge in [0.15, 0.2) is 10.9 Å². The Kier molecular flexibility index (Phi) is 5.88. The topological polar surface area (TPSA) is 54.3 Å². The normalized spacial score (nSPS) is 18.8. The summed E-state index contributed by atoms with van der Waals surface area (Å²) in [7, 11) is 0. The van der Waals surface area contributed by atoms with Crippen LogP contribution in [0.3, 0.4) is 0 Å². The molecule has 4 nitrogen and oxygen atoms in total. The summed E-state index contributed by atoms with van der Waals surface area (Å²) in [4.78, 5) is 11.7. The van der Waals surface area contributed by atoms with Gasteiger partial charge < -0.3 is 15.1 Å². The number of halogens is 1. The largest absolute Gasteiger partial charge is 0.445 e. The fourth-order valence-corrected chi connectivity index (χ4v) is 2.16. The van der Waals surface area contributed by atoms with Crippen molar-refractivity contribution in [2.24, 2.45) is 0 Å². The van der Waals surface area contributed by atoms with Crippen LogP contribution in [0.4, 0.5) is 0 Å². The third-order valence-corrected chi connectivity index (χ3v) is 3.30. The molecule has 0 radical (unpaired) electrons. The minimum absolute atomic E-state index is 0. The zero-order valence-electron chi connectivity index (χ0n) is 9.69. The average molecular weight is 277 g/mol. The van der Waals surface area contributed by atoms with Gasteiger partial charge in [-0.15, -0.1) is 12.4 Å². The van der Waals surface area contributed by atoms with Gasteiger partial charge in [-0.05, 0) is 37.8 Å². The SMILES string of the molecule is CSc1ccc(C(=O)NCC2CCCN2)o1.Cl. The number of carbonyl (C=O) groups excluding carboxylic acids is 1. The van der Waals surface area contributed by atoms with Gasteiger partial charge in [0.25, 0.3) is 5.91 Å². The van der Waals surface area contributed by atoms with E-state index in [9.17, 15) is 4.79 Å². The Hall–Kier alpha value is -0.650. The molecule has 1 aromatic rings. The molecule has 1 aliphatic rings. The third kappa shape index (κ3) is 3.94. The molecule has 0 aliphatic carbocycles. The van der Waals surface area contributed by atoms with Gasteiger partial charge in [0.2, 0.25) is 0 Å². The van der Waals surface area contributed by atoms with Crippen LogP contribution >= 0.6 is 24.2 Å². The first-order valence-electron chi connectivity index (χ1n) is 5.45. The van der Waals surface area contributed by atoms with Gasteiger partial charge in [0.05, 0.1) is 0 Å². The fraction of sp³-hybridized carbons (Fsp3) is 0.545. The molecule has 0 aromatic carbocycles. The number of rotatable bonds is 4. The second-order valence-electron chi connectivity index (χ2n) is 3.83. The Morgan fingerprint density at radius 1 is 1.65 bits per heavy atom. The second-order valence-corrected chi connectivity index (χ2v) is 4.64. The average Bonchev–Trinajstić information content (AvgIpc) is 2.96. The van der Waals surface area contributed by atoms with Crippen LogP contribution < -0.4 is 10.6 Å². The van der Waals surface area contributed by atoms with Crippen molar-refractivity contribution in [2.45, 2.75) is 24.0 Å². The van der Waals surface area contributed by atoms with Crippen LogP contribution in [0.2, 0.25) is 0 Å². The standard InChI is InChI=1S/C11H16N2O2S.ClH/c1-16-10-5-4-9(15-10)11(14)13-7-8-3-2-6-12-8;/h4-5,8,12H,2-3,6-7H2,1H3,(H,13,14);1H. The molecule has 17 heavy (non-hydrogen) atoms. The van der Waals surface area contributed by atoms with Crippen molar-refractivity contribution in [3.05, 3.63) is 17.9 Å². The molecule has 1 aliphatic heterocycles. The number of hydrogen-bond acceptors (Lipinski definition) is 4. The molecule has 0 spiro atoms. The predicted octanol–water partition coefficient (Wildman–Crippen LogP) is 1.91. The van der Waals surface area contributed by atoms with Crippen molar-refractivity contribution in [3.63, 3.8) is 0 Å². The summed E-state index contributed by atoms with van der Waals surface area (Å²) >= 11 is 1.49. The molecule has 6 heteroatoms. The van der Waals surface area contributed by atoms with Crippen LogP contribution in [-0.4, -0.2) is 31.3 Å². The fourth-order valence-electron chi connectivity index (χ4n) is 1.79. The van der Waals surface area contributed by atoms with Gasteiger partial charge in [-0.1, -0.05) is 11.8 Å². The Balaban J connectivity index is 0.00000144. The molecule has 0 saturated carbocycles. The molecule has 1 atom stereocenters. The van der Waals surface area contributed by atoms with Crippen molar-refractivity contribution in [3.8, 4) is 0 Å². The summed E-state index contributed by atoms with van der Waals surface area (Å²) < 4.78 is 5.34. The van der Waals surface area contributed by atoms with Crippen LogP contribution in [0.5, 0.6) is 0 Å². The lowest BCUT2D eigenvalue weighted by Crippen LogP contribution is -2.37. The summed E-state index contributed by atoms with van der Waals surface area (Å²) in [5, 5.41) is 6.97. The highest BCUT2D eigenvalue weighted by Gasteiger charge is 2.16. The molecular formula is C11H17ClN2O2S. The van der Waals surface area contributed by atoms with E-state index in [1.54, 1.807) is 6.07 Å². The van der Waals surface area contributed by atoms with Gasteiger partial charge in [0, 0.05) is 12.6 Å². The van der Waals surface area contributed by atoms with E-state index in [1.807, 2.05) is 12.3 Å². The number of nitrogens with one attached hydrogen (secondary N) is 2. The van der Waals surface area contributed by atoms with Crippen LogP contribution in [0.25, 0.3) is 0 Å². The summed E-state index contributed by atoms with van der Waals surface area (Å²) in [6.45, 7) is 1.73. The first-order chi connectivity index (χ1) is 7.79. The molecule has 1 unspecified atom stereocenters. The second kappa shape index (κ2) is 6.93. The third-order valence-electron chi connectivity index (χ3n) is 2.68. The molecule has 1 saturated heterocycles. The number of thioether (sulfide) groups is 1. The summed E-state index contributed by atoms with van der Waals surface area (Å²) in [6, 6.07) is 3.94. The quantitative estimate of drug-likeness (QED) is 0.825. The van der Waals surface area contributed by atoms with E-state index < -0.39 is 0 Å². The first kappa shape index (κ1) is 14.4. The minimum Gasteiger partial charge on any atom is -0.445 e. The van der Waals surface area contributed by atoms with Crippen molar-refractivity contribution in [1.82, 2.24) is 10.6 Å². The van der Waals surface area contributed by atoms with E-state index in [-0.39, 0.29) is 18.3 Å². The summed E-state index contributed by atoms with van der Waals surface area (Å²) in [6.07, 6.45) is 4.25. The van der Waals surface area contributed by atoms with E-state index in [0.717, 1.165) is 18.1 Å².